The molecule has 14 heavy (non-hydrogen) atoms. The number of ether oxygens (including phenoxy) is 1. The lowest BCUT2D eigenvalue weighted by molar-refractivity contribution is 0.00962. The molecule has 0 N–H and O–H groups in total. The van der Waals surface area contributed by atoms with Crippen LogP contribution in [0.1, 0.15) is 66.7 Å². The van der Waals surface area contributed by atoms with Gasteiger partial charge in [-0.2, -0.15) is 0 Å². The summed E-state index contributed by atoms with van der Waals surface area (Å²) in [7, 11) is 0. The molecule has 0 bridgehead atoms. The average Bonchev–Trinajstić information content (AvgIpc) is 2.84. The van der Waals surface area contributed by atoms with Gasteiger partial charge in [-0.3, -0.25) is 0 Å². The van der Waals surface area contributed by atoms with E-state index < -0.39 is 0 Å². The molecule has 86 valence electrons. The van der Waals surface area contributed by atoms with Gasteiger partial charge in [0.15, 0.2) is 0 Å². The Bertz CT molecular complexity index is 125. The molecule has 0 aromatic carbocycles. The average molecular weight is 200 g/mol. The van der Waals surface area contributed by atoms with E-state index in [2.05, 4.69) is 6.92 Å². The summed E-state index contributed by atoms with van der Waals surface area (Å²) < 4.78 is 5.81. The van der Waals surface area contributed by atoms with Gasteiger partial charge in [0.2, 0.25) is 0 Å². The highest BCUT2D eigenvalue weighted by Gasteiger charge is 2.40. The maximum Gasteiger partial charge on any atom is 0.0686 e. The zero-order chi connectivity index (χ0) is 11.0. The summed E-state index contributed by atoms with van der Waals surface area (Å²) in [5.74, 6) is 0.818. The molecule has 2 aliphatic rings. The Kier molecular flexibility index (Phi) is 7.26. The molecule has 2 rings (SSSR count). The molecule has 1 nitrogen and oxygen atoms in total. The second-order valence-electron chi connectivity index (χ2n) is 4.01. The van der Waals surface area contributed by atoms with Gasteiger partial charge >= 0.3 is 0 Å². The highest BCUT2D eigenvalue weighted by atomic mass is 16.5. The summed E-state index contributed by atoms with van der Waals surface area (Å²) in [6.45, 7) is 11.3. The lowest BCUT2D eigenvalue weighted by Gasteiger charge is -2.21. The van der Waals surface area contributed by atoms with Gasteiger partial charge < -0.3 is 4.74 Å². The first kappa shape index (κ1) is 14.0. The monoisotopic (exact) mass is 200 g/mol. The molecule has 1 spiro atoms. The third-order valence-electron chi connectivity index (χ3n) is 2.91. The minimum Gasteiger partial charge on any atom is -0.375 e. The van der Waals surface area contributed by atoms with E-state index in [4.69, 9.17) is 4.74 Å². The van der Waals surface area contributed by atoms with Crippen LogP contribution in [0.4, 0.5) is 0 Å². The Labute approximate surface area is 90.2 Å². The van der Waals surface area contributed by atoms with Crippen molar-refractivity contribution in [2.75, 3.05) is 6.61 Å². The van der Waals surface area contributed by atoms with Crippen molar-refractivity contribution < 1.29 is 4.74 Å². The van der Waals surface area contributed by atoms with Crippen molar-refractivity contribution in [3.63, 3.8) is 0 Å². The first-order valence-corrected chi connectivity index (χ1v) is 6.45. The molecule has 1 unspecified atom stereocenters. The van der Waals surface area contributed by atoms with Gasteiger partial charge in [-0.25, -0.2) is 0 Å². The lowest BCUT2D eigenvalue weighted by Crippen LogP contribution is -2.22. The zero-order valence-electron chi connectivity index (χ0n) is 10.7. The molecular weight excluding hydrogens is 172 g/mol. The summed E-state index contributed by atoms with van der Waals surface area (Å²) in [4.78, 5) is 0. The smallest absolute Gasteiger partial charge is 0.0686 e. The van der Waals surface area contributed by atoms with E-state index >= 15 is 0 Å². The number of rotatable bonds is 0. The first-order chi connectivity index (χ1) is 6.81. The Hall–Kier alpha value is -0.0400. The van der Waals surface area contributed by atoms with Crippen LogP contribution < -0.4 is 0 Å². The van der Waals surface area contributed by atoms with Crippen LogP contribution >= 0.6 is 0 Å². The molecule has 0 amide bonds. The molecule has 1 atom stereocenters. The van der Waals surface area contributed by atoms with Crippen molar-refractivity contribution in [2.45, 2.75) is 72.3 Å². The topological polar surface area (TPSA) is 9.23 Å². The van der Waals surface area contributed by atoms with Crippen LogP contribution in [-0.2, 0) is 4.74 Å². The second kappa shape index (κ2) is 7.28. The third-order valence-corrected chi connectivity index (χ3v) is 2.91. The highest BCUT2D eigenvalue weighted by molar-refractivity contribution is 4.91. The number of hydrogen-bond donors (Lipinski definition) is 0. The Morgan fingerprint density at radius 2 is 1.50 bits per heavy atom. The van der Waals surface area contributed by atoms with Gasteiger partial charge in [0.25, 0.3) is 0 Å². The zero-order valence-corrected chi connectivity index (χ0v) is 10.7. The highest BCUT2D eigenvalue weighted by Crippen LogP contribution is 2.42. The second-order valence-corrected chi connectivity index (χ2v) is 4.01. The maximum atomic E-state index is 5.81. The van der Waals surface area contributed by atoms with Crippen molar-refractivity contribution >= 4 is 0 Å². The van der Waals surface area contributed by atoms with Crippen LogP contribution in [0.25, 0.3) is 0 Å². The molecule has 1 aliphatic heterocycles. The van der Waals surface area contributed by atoms with Crippen LogP contribution in [0.3, 0.4) is 0 Å². The minimum absolute atomic E-state index is 0.361. The molecule has 1 heterocycles. The Morgan fingerprint density at radius 3 is 1.86 bits per heavy atom. The van der Waals surface area contributed by atoms with Crippen LogP contribution in [0.15, 0.2) is 0 Å². The van der Waals surface area contributed by atoms with Crippen LogP contribution in [0.5, 0.6) is 0 Å². The molecule has 0 radical (unpaired) electrons. The molecule has 1 saturated carbocycles. The normalized spacial score (nSPS) is 27.6. The van der Waals surface area contributed by atoms with E-state index in [0.29, 0.717) is 5.60 Å². The van der Waals surface area contributed by atoms with E-state index in [0.717, 1.165) is 12.5 Å². The van der Waals surface area contributed by atoms with Crippen molar-refractivity contribution in [1.29, 1.82) is 0 Å². The fraction of sp³-hybridized carbons (Fsp3) is 1.00. The van der Waals surface area contributed by atoms with E-state index in [9.17, 15) is 0 Å². The minimum atomic E-state index is 0.361. The van der Waals surface area contributed by atoms with Crippen LogP contribution in [0.2, 0.25) is 0 Å². The Balaban J connectivity index is 0.000000379. The standard InChI is InChI=1S/C9H16O.2C2H6/c1-8-6-9(10-7-8)4-2-3-5-9;2*1-2/h8H,2-7H2,1H3;2*1-2H3. The molecule has 0 aromatic rings. The van der Waals surface area contributed by atoms with E-state index in [1.165, 1.54) is 32.1 Å². The summed E-state index contributed by atoms with van der Waals surface area (Å²) in [6.07, 6.45) is 6.78. The van der Waals surface area contributed by atoms with Crippen molar-refractivity contribution in [3.8, 4) is 0 Å². The van der Waals surface area contributed by atoms with Crippen molar-refractivity contribution in [1.82, 2.24) is 0 Å². The third kappa shape index (κ3) is 3.61. The molecule has 1 saturated heterocycles. The first-order valence-electron chi connectivity index (χ1n) is 6.45. The lowest BCUT2D eigenvalue weighted by atomic mass is 9.94. The van der Waals surface area contributed by atoms with Gasteiger partial charge in [-0.05, 0) is 25.2 Å². The molecule has 0 aromatic heterocycles. The fourth-order valence-electron chi connectivity index (χ4n) is 2.44. The van der Waals surface area contributed by atoms with Gasteiger partial charge in [0.1, 0.15) is 0 Å². The van der Waals surface area contributed by atoms with Crippen LogP contribution in [0, 0.1) is 5.92 Å². The van der Waals surface area contributed by atoms with Gasteiger partial charge in [-0.1, -0.05) is 47.5 Å². The molecule has 1 aliphatic carbocycles. The SMILES string of the molecule is CC.CC.CC1COC2(CCCC2)C1. The van der Waals surface area contributed by atoms with Crippen molar-refractivity contribution in [2.24, 2.45) is 5.92 Å². The predicted octanol–water partition coefficient (Wildman–Crippen LogP) is 4.41. The van der Waals surface area contributed by atoms with Gasteiger partial charge in [0.05, 0.1) is 5.60 Å². The molecular formula is C13H28O. The van der Waals surface area contributed by atoms with Gasteiger partial charge in [-0.15, -0.1) is 0 Å². The predicted molar refractivity (Wildman–Crippen MR) is 63.6 cm³/mol. The Morgan fingerprint density at radius 1 is 1.00 bits per heavy atom. The van der Waals surface area contributed by atoms with Gasteiger partial charge in [0, 0.05) is 6.61 Å². The quantitative estimate of drug-likeness (QED) is 0.563. The summed E-state index contributed by atoms with van der Waals surface area (Å²) in [6, 6.07) is 0. The van der Waals surface area contributed by atoms with Crippen LogP contribution in [-0.4, -0.2) is 12.2 Å². The molecule has 2 fully saturated rings. The largest absolute Gasteiger partial charge is 0.375 e. The van der Waals surface area contributed by atoms with E-state index in [1.54, 1.807) is 0 Å². The van der Waals surface area contributed by atoms with E-state index in [-0.39, 0.29) is 0 Å². The van der Waals surface area contributed by atoms with E-state index in [1.807, 2.05) is 27.7 Å². The summed E-state index contributed by atoms with van der Waals surface area (Å²) in [5.41, 5.74) is 0.361. The summed E-state index contributed by atoms with van der Waals surface area (Å²) >= 11 is 0. The van der Waals surface area contributed by atoms with Crippen molar-refractivity contribution in [3.05, 3.63) is 0 Å². The maximum absolute atomic E-state index is 5.81. The molecule has 1 heteroatoms. The summed E-state index contributed by atoms with van der Waals surface area (Å²) in [5, 5.41) is 0. The number of hydrogen-bond acceptors (Lipinski definition) is 1. The fourth-order valence-corrected chi connectivity index (χ4v) is 2.44.